The minimum Gasteiger partial charge on any atom is -0.379 e. The molecule has 18 heavy (non-hydrogen) atoms. The second-order valence-electron chi connectivity index (χ2n) is 4.59. The number of likely N-dealkylation sites (N-methyl/N-ethyl adjacent to an activating group) is 1. The zero-order valence-electron chi connectivity index (χ0n) is 10.2. The first-order valence-corrected chi connectivity index (χ1v) is 7.77. The van der Waals surface area contributed by atoms with Crippen molar-refractivity contribution in [3.63, 3.8) is 0 Å². The highest BCUT2D eigenvalue weighted by atomic mass is 79.9. The van der Waals surface area contributed by atoms with Gasteiger partial charge >= 0.3 is 0 Å². The SMILES string of the molecule is CN(Cc1ccccc1Br)C(=O)C1(O)CCSC1. The van der Waals surface area contributed by atoms with E-state index in [1.165, 1.54) is 0 Å². The second kappa shape index (κ2) is 5.63. The second-order valence-corrected chi connectivity index (χ2v) is 6.55. The van der Waals surface area contributed by atoms with Gasteiger partial charge in [0.25, 0.3) is 5.91 Å². The average molecular weight is 330 g/mol. The maximum Gasteiger partial charge on any atom is 0.255 e. The number of amides is 1. The molecule has 1 N–H and O–H groups in total. The Bertz CT molecular complexity index is 446. The van der Waals surface area contributed by atoms with E-state index in [4.69, 9.17) is 0 Å². The van der Waals surface area contributed by atoms with Gasteiger partial charge in [-0.05, 0) is 23.8 Å². The van der Waals surface area contributed by atoms with Gasteiger partial charge in [0.05, 0.1) is 0 Å². The van der Waals surface area contributed by atoms with Crippen molar-refractivity contribution in [1.82, 2.24) is 4.90 Å². The molecule has 2 rings (SSSR count). The molecule has 0 bridgehead atoms. The van der Waals surface area contributed by atoms with E-state index in [2.05, 4.69) is 15.9 Å². The van der Waals surface area contributed by atoms with E-state index in [1.54, 1.807) is 23.7 Å². The molecule has 1 amide bonds. The fraction of sp³-hybridized carbons (Fsp3) is 0.462. The van der Waals surface area contributed by atoms with Gasteiger partial charge in [0.1, 0.15) is 0 Å². The molecule has 1 unspecified atom stereocenters. The van der Waals surface area contributed by atoms with Crippen LogP contribution in [0.2, 0.25) is 0 Å². The van der Waals surface area contributed by atoms with Crippen molar-refractivity contribution in [2.45, 2.75) is 18.6 Å². The first kappa shape index (κ1) is 13.9. The highest BCUT2D eigenvalue weighted by Crippen LogP contribution is 2.30. The molecule has 98 valence electrons. The third-order valence-corrected chi connectivity index (χ3v) is 5.06. The molecule has 0 radical (unpaired) electrons. The number of nitrogens with zero attached hydrogens (tertiary/aromatic N) is 1. The van der Waals surface area contributed by atoms with E-state index in [1.807, 2.05) is 24.3 Å². The average Bonchev–Trinajstić information content (AvgIpc) is 2.79. The van der Waals surface area contributed by atoms with Gasteiger partial charge in [-0.2, -0.15) is 11.8 Å². The number of halogens is 1. The molecule has 0 aromatic heterocycles. The zero-order chi connectivity index (χ0) is 13.2. The van der Waals surface area contributed by atoms with E-state index in [9.17, 15) is 9.90 Å². The molecule has 1 aromatic rings. The largest absolute Gasteiger partial charge is 0.379 e. The number of hydrogen-bond donors (Lipinski definition) is 1. The molecular weight excluding hydrogens is 314 g/mol. The Morgan fingerprint density at radius 1 is 1.56 bits per heavy atom. The summed E-state index contributed by atoms with van der Waals surface area (Å²) >= 11 is 5.10. The fourth-order valence-corrected chi connectivity index (χ4v) is 3.67. The lowest BCUT2D eigenvalue weighted by molar-refractivity contribution is -0.147. The van der Waals surface area contributed by atoms with Crippen LogP contribution in [-0.4, -0.2) is 40.1 Å². The molecule has 5 heteroatoms. The van der Waals surface area contributed by atoms with Crippen molar-refractivity contribution in [3.05, 3.63) is 34.3 Å². The predicted octanol–water partition coefficient (Wildman–Crippen LogP) is 2.28. The highest BCUT2D eigenvalue weighted by Gasteiger charge is 2.41. The van der Waals surface area contributed by atoms with Crippen LogP contribution in [0.5, 0.6) is 0 Å². The van der Waals surface area contributed by atoms with Gasteiger partial charge in [-0.15, -0.1) is 0 Å². The molecule has 1 aromatic carbocycles. The Labute approximate surface area is 120 Å². The van der Waals surface area contributed by atoms with Gasteiger partial charge in [0, 0.05) is 23.8 Å². The minimum absolute atomic E-state index is 0.178. The summed E-state index contributed by atoms with van der Waals surface area (Å²) in [6.45, 7) is 0.507. The summed E-state index contributed by atoms with van der Waals surface area (Å²) in [5.74, 6) is 1.18. The van der Waals surface area contributed by atoms with Gasteiger partial charge in [-0.1, -0.05) is 34.1 Å². The molecule has 0 aliphatic carbocycles. The van der Waals surface area contributed by atoms with Crippen LogP contribution < -0.4 is 0 Å². The quantitative estimate of drug-likeness (QED) is 0.924. The van der Waals surface area contributed by atoms with E-state index >= 15 is 0 Å². The fourth-order valence-electron chi connectivity index (χ4n) is 2.03. The van der Waals surface area contributed by atoms with Crippen LogP contribution >= 0.6 is 27.7 Å². The molecule has 1 saturated heterocycles. The molecule has 1 atom stereocenters. The summed E-state index contributed by atoms with van der Waals surface area (Å²) in [6.07, 6.45) is 0.552. The standard InChI is InChI=1S/C13H16BrNO2S/c1-15(8-10-4-2-3-5-11(10)14)12(16)13(17)6-7-18-9-13/h2-5,17H,6-9H2,1H3. The van der Waals surface area contributed by atoms with Crippen LogP contribution in [0.1, 0.15) is 12.0 Å². The van der Waals surface area contributed by atoms with Gasteiger partial charge in [-0.25, -0.2) is 0 Å². The summed E-state index contributed by atoms with van der Waals surface area (Å²) < 4.78 is 0.984. The Kier molecular flexibility index (Phi) is 4.35. The molecule has 1 aliphatic heterocycles. The molecule has 1 heterocycles. The number of hydrogen-bond acceptors (Lipinski definition) is 3. The summed E-state index contributed by atoms with van der Waals surface area (Å²) in [6, 6.07) is 7.81. The molecular formula is C13H16BrNO2S. The summed E-state index contributed by atoms with van der Waals surface area (Å²) in [7, 11) is 1.74. The number of rotatable bonds is 3. The van der Waals surface area contributed by atoms with E-state index in [0.29, 0.717) is 18.7 Å². The molecule has 1 fully saturated rings. The van der Waals surface area contributed by atoms with Crippen LogP contribution in [0.15, 0.2) is 28.7 Å². The van der Waals surface area contributed by atoms with E-state index < -0.39 is 5.60 Å². The zero-order valence-corrected chi connectivity index (χ0v) is 12.6. The van der Waals surface area contributed by atoms with E-state index in [0.717, 1.165) is 15.8 Å². The van der Waals surface area contributed by atoms with Crippen LogP contribution in [0.4, 0.5) is 0 Å². The van der Waals surface area contributed by atoms with Crippen LogP contribution in [0.25, 0.3) is 0 Å². The Morgan fingerprint density at radius 2 is 2.28 bits per heavy atom. The third kappa shape index (κ3) is 2.90. The summed E-state index contributed by atoms with van der Waals surface area (Å²) in [5.41, 5.74) is -0.122. The number of carbonyl (C=O) groups excluding carboxylic acids is 1. The third-order valence-electron chi connectivity index (χ3n) is 3.11. The highest BCUT2D eigenvalue weighted by molar-refractivity contribution is 9.10. The first-order valence-electron chi connectivity index (χ1n) is 5.82. The predicted molar refractivity (Wildman–Crippen MR) is 77.5 cm³/mol. The van der Waals surface area contributed by atoms with Crippen molar-refractivity contribution in [3.8, 4) is 0 Å². The minimum atomic E-state index is -1.17. The van der Waals surface area contributed by atoms with Crippen LogP contribution in [0, 0.1) is 0 Å². The maximum atomic E-state index is 12.2. The maximum absolute atomic E-state index is 12.2. The number of carbonyl (C=O) groups is 1. The normalized spacial score (nSPS) is 23.1. The Hall–Kier alpha value is -0.520. The number of benzene rings is 1. The van der Waals surface area contributed by atoms with Gasteiger partial charge in [0.15, 0.2) is 5.60 Å². The molecule has 1 aliphatic rings. The van der Waals surface area contributed by atoms with Gasteiger partial charge in [0.2, 0.25) is 0 Å². The van der Waals surface area contributed by atoms with Crippen molar-refractivity contribution in [1.29, 1.82) is 0 Å². The molecule has 0 spiro atoms. The number of thioether (sulfide) groups is 1. The smallest absolute Gasteiger partial charge is 0.255 e. The first-order chi connectivity index (χ1) is 8.53. The number of aliphatic hydroxyl groups is 1. The lowest BCUT2D eigenvalue weighted by Gasteiger charge is -2.27. The van der Waals surface area contributed by atoms with E-state index in [-0.39, 0.29) is 5.91 Å². The monoisotopic (exact) mass is 329 g/mol. The van der Waals surface area contributed by atoms with Crippen molar-refractivity contribution < 1.29 is 9.90 Å². The van der Waals surface area contributed by atoms with Crippen molar-refractivity contribution in [2.75, 3.05) is 18.6 Å². The lowest BCUT2D eigenvalue weighted by atomic mass is 10.0. The van der Waals surface area contributed by atoms with Gasteiger partial charge in [-0.3, -0.25) is 4.79 Å². The lowest BCUT2D eigenvalue weighted by Crippen LogP contribution is -2.47. The summed E-state index contributed by atoms with van der Waals surface area (Å²) in [5, 5.41) is 10.3. The van der Waals surface area contributed by atoms with Gasteiger partial charge < -0.3 is 10.0 Å². The van der Waals surface area contributed by atoms with Crippen molar-refractivity contribution in [2.24, 2.45) is 0 Å². The van der Waals surface area contributed by atoms with Crippen LogP contribution in [0.3, 0.4) is 0 Å². The Morgan fingerprint density at radius 3 is 2.89 bits per heavy atom. The summed E-state index contributed by atoms with van der Waals surface area (Å²) in [4.78, 5) is 13.8. The van der Waals surface area contributed by atoms with Crippen LogP contribution in [-0.2, 0) is 11.3 Å². The Balaban J connectivity index is 2.06. The molecule has 3 nitrogen and oxygen atoms in total. The van der Waals surface area contributed by atoms with Crippen molar-refractivity contribution >= 4 is 33.6 Å². The topological polar surface area (TPSA) is 40.5 Å². The molecule has 0 saturated carbocycles.